The number of alkyl halides is 2. The van der Waals surface area contributed by atoms with Crippen molar-refractivity contribution in [3.63, 3.8) is 0 Å². The van der Waals surface area contributed by atoms with Crippen molar-refractivity contribution in [1.29, 1.82) is 0 Å². The van der Waals surface area contributed by atoms with Crippen LogP contribution in [0.15, 0.2) is 6.07 Å². The van der Waals surface area contributed by atoms with Crippen LogP contribution in [0.4, 0.5) is 13.6 Å². The number of hydrogen-bond donors (Lipinski definition) is 1. The van der Waals surface area contributed by atoms with Crippen LogP contribution in [0.3, 0.4) is 0 Å². The maximum absolute atomic E-state index is 12.8. The van der Waals surface area contributed by atoms with Crippen molar-refractivity contribution in [2.45, 2.75) is 56.6 Å². The maximum Gasteiger partial charge on any atom is 0.407 e. The van der Waals surface area contributed by atoms with E-state index in [1.165, 1.54) is 28.9 Å². The highest BCUT2D eigenvalue weighted by molar-refractivity contribution is 7.12. The normalized spacial score (nSPS) is 26.7. The Hall–Kier alpha value is -1.25. The number of ether oxygens (including phenoxy) is 2. The minimum absolute atomic E-state index is 0.150. The molecule has 0 bridgehead atoms. The van der Waals surface area contributed by atoms with Crippen molar-refractivity contribution in [3.8, 4) is 0 Å². The summed E-state index contributed by atoms with van der Waals surface area (Å²) in [5, 5.41) is 2.85. The smallest absolute Gasteiger partial charge is 0.407 e. The molecule has 1 saturated carbocycles. The van der Waals surface area contributed by atoms with Gasteiger partial charge in [-0.1, -0.05) is 0 Å². The van der Waals surface area contributed by atoms with E-state index in [0.29, 0.717) is 12.5 Å². The Morgan fingerprint density at radius 3 is 2.86 bits per heavy atom. The number of fused-ring (bicyclic) bond motifs is 2. The van der Waals surface area contributed by atoms with Crippen LogP contribution >= 0.6 is 11.3 Å². The summed E-state index contributed by atoms with van der Waals surface area (Å²) in [5.74, 6) is 0.610. The van der Waals surface area contributed by atoms with E-state index >= 15 is 0 Å². The third-order valence-corrected chi connectivity index (χ3v) is 7.69. The number of methoxy groups -OCH3 is 1. The van der Waals surface area contributed by atoms with E-state index in [9.17, 15) is 13.6 Å². The van der Waals surface area contributed by atoms with Gasteiger partial charge < -0.3 is 19.7 Å². The molecule has 0 radical (unpaired) electrons. The van der Waals surface area contributed by atoms with Crippen LogP contribution < -0.4 is 5.32 Å². The van der Waals surface area contributed by atoms with Crippen molar-refractivity contribution in [2.24, 2.45) is 5.92 Å². The van der Waals surface area contributed by atoms with Crippen molar-refractivity contribution in [3.05, 3.63) is 21.4 Å². The standard InChI is InChI=1S/C20H28F2N2O3S/c1-26-19(25)23-15-8-13(9-15)12-24-5-3-20(4-6-24)18-14(2-7-27-20)10-16(28-18)11-17(21)22/h10,13,15,17H,2-9,11-12H2,1H3,(H,23,25). The summed E-state index contributed by atoms with van der Waals surface area (Å²) in [5.41, 5.74) is 0.944. The fourth-order valence-corrected chi connectivity index (χ4v) is 6.21. The average Bonchev–Trinajstić information content (AvgIpc) is 3.05. The van der Waals surface area contributed by atoms with Crippen LogP contribution in [0.1, 0.15) is 41.0 Å². The Labute approximate surface area is 168 Å². The van der Waals surface area contributed by atoms with Crippen LogP contribution in [0.5, 0.6) is 0 Å². The lowest BCUT2D eigenvalue weighted by molar-refractivity contribution is -0.0976. The monoisotopic (exact) mass is 414 g/mol. The zero-order valence-corrected chi connectivity index (χ0v) is 17.0. The minimum Gasteiger partial charge on any atom is -0.453 e. The number of carbonyl (C=O) groups is 1. The molecule has 1 aromatic heterocycles. The first-order valence-electron chi connectivity index (χ1n) is 10.1. The summed E-state index contributed by atoms with van der Waals surface area (Å²) in [6, 6.07) is 2.21. The molecule has 3 heterocycles. The summed E-state index contributed by atoms with van der Waals surface area (Å²) in [7, 11) is 1.39. The SMILES string of the molecule is COC(=O)NC1CC(CN2CCC3(CC2)OCCc2cc(CC(F)F)sc23)C1. The number of carbonyl (C=O) groups excluding carboxylic acids is 1. The number of piperidine rings is 1. The summed E-state index contributed by atoms with van der Waals surface area (Å²) < 4.78 is 36.5. The minimum atomic E-state index is -2.29. The molecule has 1 aromatic rings. The highest BCUT2D eigenvalue weighted by Gasteiger charge is 2.43. The largest absolute Gasteiger partial charge is 0.453 e. The molecule has 1 amide bonds. The lowest BCUT2D eigenvalue weighted by atomic mass is 9.79. The number of thiophene rings is 1. The summed E-state index contributed by atoms with van der Waals surface area (Å²) >= 11 is 1.53. The molecule has 156 valence electrons. The van der Waals surface area contributed by atoms with Gasteiger partial charge in [-0.15, -0.1) is 11.3 Å². The second-order valence-corrected chi connectivity index (χ2v) is 9.36. The first-order valence-corrected chi connectivity index (χ1v) is 10.9. The molecule has 1 aliphatic carbocycles. The van der Waals surface area contributed by atoms with Crippen LogP contribution in [-0.4, -0.2) is 56.8 Å². The van der Waals surface area contributed by atoms with E-state index in [1.54, 1.807) is 0 Å². The second-order valence-electron chi connectivity index (χ2n) is 8.23. The van der Waals surface area contributed by atoms with Gasteiger partial charge in [-0.3, -0.25) is 0 Å². The van der Waals surface area contributed by atoms with Gasteiger partial charge in [0.25, 0.3) is 0 Å². The molecule has 5 nitrogen and oxygen atoms in total. The first-order chi connectivity index (χ1) is 13.5. The number of halogens is 2. The number of amides is 1. The van der Waals surface area contributed by atoms with E-state index < -0.39 is 6.43 Å². The van der Waals surface area contributed by atoms with Gasteiger partial charge in [0, 0.05) is 41.9 Å². The summed E-state index contributed by atoms with van der Waals surface area (Å²) in [6.45, 7) is 3.66. The fourth-order valence-electron chi connectivity index (χ4n) is 4.79. The van der Waals surface area contributed by atoms with Gasteiger partial charge in [-0.25, -0.2) is 13.6 Å². The third kappa shape index (κ3) is 4.19. The molecular formula is C20H28F2N2O3S. The van der Waals surface area contributed by atoms with Gasteiger partial charge in [0.15, 0.2) is 0 Å². The number of alkyl carbamates (subject to hydrolysis) is 1. The Kier molecular flexibility index (Phi) is 5.90. The first kappa shape index (κ1) is 20.0. The number of nitrogens with zero attached hydrogens (tertiary/aromatic N) is 1. The Morgan fingerprint density at radius 2 is 2.18 bits per heavy atom. The van der Waals surface area contributed by atoms with Crippen molar-refractivity contribution >= 4 is 17.4 Å². The molecular weight excluding hydrogens is 386 g/mol. The summed E-state index contributed by atoms with van der Waals surface area (Å²) in [4.78, 5) is 15.7. The van der Waals surface area contributed by atoms with E-state index in [0.717, 1.165) is 56.6 Å². The Bertz CT molecular complexity index is 698. The molecule has 0 unspecified atom stereocenters. The van der Waals surface area contributed by atoms with Crippen molar-refractivity contribution in [1.82, 2.24) is 10.2 Å². The van der Waals surface area contributed by atoms with Crippen molar-refractivity contribution < 1.29 is 23.0 Å². The van der Waals surface area contributed by atoms with Crippen molar-refractivity contribution in [2.75, 3.05) is 33.4 Å². The zero-order valence-electron chi connectivity index (χ0n) is 16.2. The number of nitrogens with one attached hydrogen (secondary N) is 1. The third-order valence-electron chi connectivity index (χ3n) is 6.30. The molecule has 28 heavy (non-hydrogen) atoms. The lowest BCUT2D eigenvalue weighted by Crippen LogP contribution is -2.51. The van der Waals surface area contributed by atoms with Gasteiger partial charge in [0.05, 0.1) is 13.7 Å². The van der Waals surface area contributed by atoms with Gasteiger partial charge in [0.1, 0.15) is 5.60 Å². The van der Waals surface area contributed by atoms with Gasteiger partial charge in [0.2, 0.25) is 6.43 Å². The molecule has 0 aromatic carbocycles. The Morgan fingerprint density at radius 1 is 1.43 bits per heavy atom. The quantitative estimate of drug-likeness (QED) is 0.801. The van der Waals surface area contributed by atoms with E-state index in [-0.39, 0.29) is 24.2 Å². The molecule has 2 fully saturated rings. The fraction of sp³-hybridized carbons (Fsp3) is 0.750. The van der Waals surface area contributed by atoms with Crippen LogP contribution in [0, 0.1) is 5.92 Å². The maximum atomic E-state index is 12.8. The van der Waals surface area contributed by atoms with Crippen LogP contribution in [-0.2, 0) is 27.9 Å². The molecule has 1 saturated heterocycles. The molecule has 0 atom stereocenters. The van der Waals surface area contributed by atoms with Gasteiger partial charge in [-0.2, -0.15) is 0 Å². The number of likely N-dealkylation sites (tertiary alicyclic amines) is 1. The lowest BCUT2D eigenvalue weighted by Gasteiger charge is -2.46. The number of rotatable bonds is 5. The average molecular weight is 415 g/mol. The predicted molar refractivity (Wildman–Crippen MR) is 103 cm³/mol. The van der Waals surface area contributed by atoms with Crippen LogP contribution in [0.2, 0.25) is 0 Å². The molecule has 2 aliphatic heterocycles. The molecule has 4 rings (SSSR count). The molecule has 3 aliphatic rings. The van der Waals surface area contributed by atoms with Gasteiger partial charge in [-0.05, 0) is 49.7 Å². The second kappa shape index (κ2) is 8.24. The number of hydrogen-bond acceptors (Lipinski definition) is 5. The van der Waals surface area contributed by atoms with E-state index in [2.05, 4.69) is 15.0 Å². The van der Waals surface area contributed by atoms with Crippen LogP contribution in [0.25, 0.3) is 0 Å². The highest BCUT2D eigenvalue weighted by atomic mass is 32.1. The molecule has 1 N–H and O–H groups in total. The zero-order chi connectivity index (χ0) is 19.7. The van der Waals surface area contributed by atoms with E-state index in [4.69, 9.17) is 4.74 Å². The van der Waals surface area contributed by atoms with E-state index in [1.807, 2.05) is 6.07 Å². The van der Waals surface area contributed by atoms with Gasteiger partial charge >= 0.3 is 6.09 Å². The highest BCUT2D eigenvalue weighted by Crippen LogP contribution is 2.46. The Balaban J connectivity index is 1.30. The topological polar surface area (TPSA) is 50.8 Å². The molecule has 1 spiro atoms. The predicted octanol–water partition coefficient (Wildman–Crippen LogP) is 3.55. The summed E-state index contributed by atoms with van der Waals surface area (Å²) in [6.07, 6.45) is 1.88. The molecule has 8 heteroatoms.